The molecule has 1 atom stereocenters. The van der Waals surface area contributed by atoms with Gasteiger partial charge in [-0.2, -0.15) is 0 Å². The van der Waals surface area contributed by atoms with E-state index in [1.807, 2.05) is 32.0 Å². The van der Waals surface area contributed by atoms with Crippen molar-refractivity contribution < 1.29 is 18.1 Å². The van der Waals surface area contributed by atoms with Gasteiger partial charge in [0.15, 0.2) is 0 Å². The van der Waals surface area contributed by atoms with E-state index in [1.165, 1.54) is 0 Å². The molecule has 0 radical (unpaired) electrons. The number of benzene rings is 1. The first-order valence-corrected chi connectivity index (χ1v) is 7.11. The molecule has 1 heterocycles. The van der Waals surface area contributed by atoms with Crippen molar-refractivity contribution >= 4 is 7.82 Å². The topological polar surface area (TPSA) is 44.8 Å². The molecule has 1 aliphatic rings. The Morgan fingerprint density at radius 2 is 2.17 bits per heavy atom. The number of hydrogen-bond acceptors (Lipinski definition) is 4. The highest BCUT2D eigenvalue weighted by Crippen LogP contribution is 2.60. The highest BCUT2D eigenvalue weighted by Gasteiger charge is 2.44. The fraction of sp³-hybridized carbons (Fsp3) is 0.385. The zero-order chi connectivity index (χ0) is 13.2. The van der Waals surface area contributed by atoms with E-state index in [9.17, 15) is 4.57 Å². The van der Waals surface area contributed by atoms with Gasteiger partial charge >= 0.3 is 7.82 Å². The van der Waals surface area contributed by atoms with E-state index in [2.05, 4.69) is 5.92 Å². The summed E-state index contributed by atoms with van der Waals surface area (Å²) in [6.45, 7) is 3.79. The fourth-order valence-corrected chi connectivity index (χ4v) is 3.30. The molecule has 0 saturated carbocycles. The molecule has 4 nitrogen and oxygen atoms in total. The Labute approximate surface area is 107 Å². The average molecular weight is 266 g/mol. The quantitative estimate of drug-likeness (QED) is 0.477. The molecule has 5 heteroatoms. The molecule has 0 fully saturated rings. The lowest BCUT2D eigenvalue weighted by Crippen LogP contribution is -2.27. The van der Waals surface area contributed by atoms with E-state index in [1.54, 1.807) is 6.07 Å². The first-order chi connectivity index (χ1) is 8.47. The van der Waals surface area contributed by atoms with Crippen LogP contribution in [0, 0.1) is 12.3 Å². The number of fused-ring (bicyclic) bond motifs is 1. The monoisotopic (exact) mass is 266 g/mol. The van der Waals surface area contributed by atoms with Gasteiger partial charge in [0.2, 0.25) is 0 Å². The molecular weight excluding hydrogens is 251 g/mol. The van der Waals surface area contributed by atoms with Crippen molar-refractivity contribution in [3.63, 3.8) is 0 Å². The van der Waals surface area contributed by atoms with Gasteiger partial charge in [-0.3, -0.25) is 9.05 Å². The maximum Gasteiger partial charge on any atom is 0.530 e. The minimum absolute atomic E-state index is 0.145. The lowest BCUT2D eigenvalue weighted by molar-refractivity contribution is 0.0343. The molecule has 18 heavy (non-hydrogen) atoms. The molecule has 0 bridgehead atoms. The molecule has 96 valence electrons. The number of rotatable bonds is 3. The van der Waals surface area contributed by atoms with Crippen LogP contribution in [0.25, 0.3) is 0 Å². The summed E-state index contributed by atoms with van der Waals surface area (Å²) in [5.74, 6) is 2.93. The van der Waals surface area contributed by atoms with Crippen LogP contribution in [0.5, 0.6) is 5.75 Å². The Morgan fingerprint density at radius 3 is 2.89 bits per heavy atom. The van der Waals surface area contributed by atoms with Crippen molar-refractivity contribution in [2.75, 3.05) is 6.61 Å². The summed E-state index contributed by atoms with van der Waals surface area (Å²) in [5.41, 5.74) is 0.123. The number of phosphoric acid groups is 1. The average Bonchev–Trinajstić information content (AvgIpc) is 2.28. The van der Waals surface area contributed by atoms with E-state index < -0.39 is 13.4 Å². The maximum absolute atomic E-state index is 12.4. The Hall–Kier alpha value is -1.27. The van der Waals surface area contributed by atoms with Gasteiger partial charge < -0.3 is 4.52 Å². The molecule has 0 N–H and O–H groups in total. The molecular formula is C13H15O4P. The molecule has 1 aromatic carbocycles. The Balaban J connectivity index is 2.26. The summed E-state index contributed by atoms with van der Waals surface area (Å²) in [4.78, 5) is 0. The zero-order valence-corrected chi connectivity index (χ0v) is 11.3. The van der Waals surface area contributed by atoms with Crippen LogP contribution >= 0.6 is 7.82 Å². The normalized spacial score (nSPS) is 24.7. The number of phosphoric ester groups is 1. The molecule has 1 unspecified atom stereocenters. The zero-order valence-electron chi connectivity index (χ0n) is 10.4. The Morgan fingerprint density at radius 1 is 1.44 bits per heavy atom. The van der Waals surface area contributed by atoms with E-state index in [0.717, 1.165) is 5.56 Å². The van der Waals surface area contributed by atoms with Crippen LogP contribution in [0.2, 0.25) is 0 Å². The van der Waals surface area contributed by atoms with Crippen LogP contribution < -0.4 is 4.52 Å². The molecule has 1 aromatic rings. The maximum atomic E-state index is 12.4. The van der Waals surface area contributed by atoms with Gasteiger partial charge in [0, 0.05) is 12.0 Å². The minimum Gasteiger partial charge on any atom is -0.404 e. The van der Waals surface area contributed by atoms with Gasteiger partial charge in [-0.1, -0.05) is 18.2 Å². The first kappa shape index (κ1) is 13.2. The summed E-state index contributed by atoms with van der Waals surface area (Å²) < 4.78 is 28.3. The summed E-state index contributed by atoms with van der Waals surface area (Å²) in [6.07, 6.45) is 5.48. The molecule has 0 spiro atoms. The van der Waals surface area contributed by atoms with Gasteiger partial charge in [0.05, 0.1) is 6.61 Å². The summed E-state index contributed by atoms with van der Waals surface area (Å²) in [7, 11) is -3.59. The third kappa shape index (κ3) is 2.59. The molecule has 0 aromatic heterocycles. The minimum atomic E-state index is -3.59. The third-order valence-electron chi connectivity index (χ3n) is 2.58. The SMILES string of the molecule is C#CCCOP1(=O)Oc2ccccc2C(C)(C)O1. The largest absolute Gasteiger partial charge is 0.530 e. The third-order valence-corrected chi connectivity index (χ3v) is 4.18. The standard InChI is InChI=1S/C13H15O4P/c1-4-5-10-15-18(14)16-12-9-7-6-8-11(12)13(2,3)17-18/h1,6-9H,5,10H2,2-3H3. The molecule has 0 aliphatic carbocycles. The summed E-state index contributed by atoms with van der Waals surface area (Å²) >= 11 is 0. The van der Waals surface area contributed by atoms with Crippen LogP contribution in [0.15, 0.2) is 24.3 Å². The molecule has 0 saturated heterocycles. The fourth-order valence-electron chi connectivity index (χ4n) is 1.78. The van der Waals surface area contributed by atoms with Crippen molar-refractivity contribution in [2.45, 2.75) is 25.9 Å². The van der Waals surface area contributed by atoms with Gasteiger partial charge in [-0.25, -0.2) is 4.57 Å². The van der Waals surface area contributed by atoms with Gasteiger partial charge in [-0.15, -0.1) is 12.3 Å². The van der Waals surface area contributed by atoms with Crippen molar-refractivity contribution in [3.8, 4) is 18.1 Å². The predicted molar refractivity (Wildman–Crippen MR) is 68.2 cm³/mol. The number of terminal acetylenes is 1. The second-order valence-electron chi connectivity index (χ2n) is 4.42. The van der Waals surface area contributed by atoms with Gasteiger partial charge in [-0.05, 0) is 19.9 Å². The second kappa shape index (κ2) is 4.78. The Kier molecular flexibility index (Phi) is 3.49. The first-order valence-electron chi connectivity index (χ1n) is 5.65. The lowest BCUT2D eigenvalue weighted by atomic mass is 9.98. The van der Waals surface area contributed by atoms with E-state index in [-0.39, 0.29) is 6.61 Å². The molecule has 1 aliphatic heterocycles. The van der Waals surface area contributed by atoms with Crippen LogP contribution in [0.4, 0.5) is 0 Å². The summed E-state index contributed by atoms with van der Waals surface area (Å²) in [6, 6.07) is 7.31. The van der Waals surface area contributed by atoms with Crippen molar-refractivity contribution in [1.82, 2.24) is 0 Å². The Bertz CT molecular complexity index is 530. The highest BCUT2D eigenvalue weighted by atomic mass is 31.2. The van der Waals surface area contributed by atoms with Crippen molar-refractivity contribution in [1.29, 1.82) is 0 Å². The van der Waals surface area contributed by atoms with E-state index in [4.69, 9.17) is 20.0 Å². The van der Waals surface area contributed by atoms with Crippen molar-refractivity contribution in [3.05, 3.63) is 29.8 Å². The van der Waals surface area contributed by atoms with Crippen LogP contribution in [0.3, 0.4) is 0 Å². The number of para-hydroxylation sites is 1. The van der Waals surface area contributed by atoms with Gasteiger partial charge in [0.25, 0.3) is 0 Å². The summed E-state index contributed by atoms with van der Waals surface area (Å²) in [5, 5.41) is 0. The van der Waals surface area contributed by atoms with E-state index >= 15 is 0 Å². The number of hydrogen-bond donors (Lipinski definition) is 0. The second-order valence-corrected chi connectivity index (χ2v) is 5.94. The predicted octanol–water partition coefficient (Wildman–Crippen LogP) is 3.48. The van der Waals surface area contributed by atoms with Crippen molar-refractivity contribution in [2.24, 2.45) is 0 Å². The van der Waals surface area contributed by atoms with E-state index in [0.29, 0.717) is 12.2 Å². The van der Waals surface area contributed by atoms with Gasteiger partial charge in [0.1, 0.15) is 11.4 Å². The smallest absolute Gasteiger partial charge is 0.404 e. The van der Waals surface area contributed by atoms with Crippen LogP contribution in [-0.2, 0) is 19.2 Å². The molecule has 0 amide bonds. The molecule has 2 rings (SSSR count). The van der Waals surface area contributed by atoms with Crippen LogP contribution in [-0.4, -0.2) is 6.61 Å². The highest BCUT2D eigenvalue weighted by molar-refractivity contribution is 7.49. The van der Waals surface area contributed by atoms with Crippen LogP contribution in [0.1, 0.15) is 25.8 Å². The lowest BCUT2D eigenvalue weighted by Gasteiger charge is -2.35.